The smallest absolute Gasteiger partial charge is 0.227 e. The van der Waals surface area contributed by atoms with Crippen LogP contribution in [0.5, 0.6) is 0 Å². The standard InChI is InChI=1S/C14H14FN5OS/c1-9-17-14(22-20-9)16-8-2-3-12-18-13(19-21-12)10-4-6-11(15)7-5-10/h4-7H,2-3,8H2,1H3,(H,16,17,20). The number of anilines is 1. The Morgan fingerprint density at radius 3 is 2.77 bits per heavy atom. The second kappa shape index (κ2) is 6.61. The van der Waals surface area contributed by atoms with Crippen molar-refractivity contribution < 1.29 is 8.91 Å². The quantitative estimate of drug-likeness (QED) is 0.704. The van der Waals surface area contributed by atoms with Gasteiger partial charge in [-0.25, -0.2) is 9.37 Å². The summed E-state index contributed by atoms with van der Waals surface area (Å²) in [6.45, 7) is 2.61. The molecule has 6 nitrogen and oxygen atoms in total. The summed E-state index contributed by atoms with van der Waals surface area (Å²) >= 11 is 1.34. The van der Waals surface area contributed by atoms with Crippen LogP contribution in [0, 0.1) is 12.7 Å². The molecular weight excluding hydrogens is 305 g/mol. The Balaban J connectivity index is 1.50. The highest BCUT2D eigenvalue weighted by Crippen LogP contribution is 2.16. The molecule has 0 amide bonds. The summed E-state index contributed by atoms with van der Waals surface area (Å²) in [5.74, 6) is 1.52. The van der Waals surface area contributed by atoms with Crippen molar-refractivity contribution in [1.29, 1.82) is 0 Å². The molecule has 22 heavy (non-hydrogen) atoms. The summed E-state index contributed by atoms with van der Waals surface area (Å²) in [6, 6.07) is 6.01. The van der Waals surface area contributed by atoms with Gasteiger partial charge in [0.15, 0.2) is 0 Å². The van der Waals surface area contributed by atoms with E-state index in [-0.39, 0.29) is 5.82 Å². The number of halogens is 1. The van der Waals surface area contributed by atoms with Gasteiger partial charge in [-0.3, -0.25) is 0 Å². The normalized spacial score (nSPS) is 10.8. The van der Waals surface area contributed by atoms with Crippen molar-refractivity contribution in [3.05, 3.63) is 41.8 Å². The first-order valence-corrected chi connectivity index (χ1v) is 7.61. The lowest BCUT2D eigenvalue weighted by Gasteiger charge is -1.98. The summed E-state index contributed by atoms with van der Waals surface area (Å²) in [6.07, 6.45) is 1.50. The Morgan fingerprint density at radius 2 is 2.05 bits per heavy atom. The van der Waals surface area contributed by atoms with E-state index in [1.54, 1.807) is 12.1 Å². The number of hydrogen-bond acceptors (Lipinski definition) is 7. The Bertz CT molecular complexity index is 740. The molecule has 0 aliphatic carbocycles. The van der Waals surface area contributed by atoms with Crippen molar-refractivity contribution in [3.63, 3.8) is 0 Å². The van der Waals surface area contributed by atoms with E-state index < -0.39 is 0 Å². The first kappa shape index (κ1) is 14.6. The minimum Gasteiger partial charge on any atom is -0.360 e. The summed E-state index contributed by atoms with van der Waals surface area (Å²) < 4.78 is 22.2. The highest BCUT2D eigenvalue weighted by molar-refractivity contribution is 7.09. The number of hydrogen-bond donors (Lipinski definition) is 1. The molecule has 2 heterocycles. The van der Waals surface area contributed by atoms with Crippen LogP contribution in [-0.2, 0) is 6.42 Å². The van der Waals surface area contributed by atoms with E-state index >= 15 is 0 Å². The third-order valence-electron chi connectivity index (χ3n) is 2.94. The number of aryl methyl sites for hydroxylation is 2. The van der Waals surface area contributed by atoms with Gasteiger partial charge in [-0.2, -0.15) is 9.36 Å². The Kier molecular flexibility index (Phi) is 4.38. The van der Waals surface area contributed by atoms with E-state index in [0.29, 0.717) is 18.1 Å². The van der Waals surface area contributed by atoms with Gasteiger partial charge in [0.25, 0.3) is 0 Å². The van der Waals surface area contributed by atoms with Gasteiger partial charge in [0.05, 0.1) is 0 Å². The molecule has 0 aliphatic rings. The molecule has 0 aliphatic heterocycles. The summed E-state index contributed by atoms with van der Waals surface area (Å²) in [5.41, 5.74) is 0.735. The summed E-state index contributed by atoms with van der Waals surface area (Å²) in [5, 5.41) is 7.92. The highest BCUT2D eigenvalue weighted by Gasteiger charge is 2.08. The second-order valence-corrected chi connectivity index (χ2v) is 5.45. The predicted octanol–water partition coefficient (Wildman–Crippen LogP) is 3.08. The zero-order valence-corrected chi connectivity index (χ0v) is 12.7. The molecule has 0 bridgehead atoms. The maximum Gasteiger partial charge on any atom is 0.227 e. The van der Waals surface area contributed by atoms with Crippen molar-refractivity contribution in [2.45, 2.75) is 19.8 Å². The number of aromatic nitrogens is 4. The van der Waals surface area contributed by atoms with E-state index in [4.69, 9.17) is 4.52 Å². The molecule has 0 radical (unpaired) electrons. The molecular formula is C14H14FN5OS. The van der Waals surface area contributed by atoms with Crippen molar-refractivity contribution in [3.8, 4) is 11.4 Å². The second-order valence-electron chi connectivity index (χ2n) is 4.70. The van der Waals surface area contributed by atoms with Gasteiger partial charge in [0, 0.05) is 30.1 Å². The minimum absolute atomic E-state index is 0.287. The van der Waals surface area contributed by atoms with Crippen LogP contribution in [-0.4, -0.2) is 26.0 Å². The first-order chi connectivity index (χ1) is 10.7. The molecule has 0 saturated heterocycles. The summed E-state index contributed by atoms with van der Waals surface area (Å²) in [7, 11) is 0. The van der Waals surface area contributed by atoms with Crippen molar-refractivity contribution in [2.24, 2.45) is 0 Å². The third kappa shape index (κ3) is 3.64. The van der Waals surface area contributed by atoms with Crippen LogP contribution >= 0.6 is 11.5 Å². The largest absolute Gasteiger partial charge is 0.360 e. The lowest BCUT2D eigenvalue weighted by Crippen LogP contribution is -2.02. The average molecular weight is 319 g/mol. The van der Waals surface area contributed by atoms with E-state index in [1.807, 2.05) is 6.92 Å². The molecule has 0 atom stereocenters. The highest BCUT2D eigenvalue weighted by atomic mass is 32.1. The van der Waals surface area contributed by atoms with Crippen molar-refractivity contribution >= 4 is 16.7 Å². The van der Waals surface area contributed by atoms with Gasteiger partial charge in [0.2, 0.25) is 16.8 Å². The fourth-order valence-electron chi connectivity index (χ4n) is 1.88. The number of nitrogens with one attached hydrogen (secondary N) is 1. The van der Waals surface area contributed by atoms with Crippen LogP contribution in [0.3, 0.4) is 0 Å². The van der Waals surface area contributed by atoms with Crippen LogP contribution < -0.4 is 5.32 Å². The predicted molar refractivity (Wildman–Crippen MR) is 81.1 cm³/mol. The monoisotopic (exact) mass is 319 g/mol. The van der Waals surface area contributed by atoms with Crippen LogP contribution in [0.4, 0.5) is 9.52 Å². The molecule has 0 unspecified atom stereocenters. The molecule has 1 aromatic carbocycles. The van der Waals surface area contributed by atoms with Gasteiger partial charge in [-0.1, -0.05) is 5.16 Å². The van der Waals surface area contributed by atoms with E-state index in [0.717, 1.165) is 29.5 Å². The molecule has 3 rings (SSSR count). The fraction of sp³-hybridized carbons (Fsp3) is 0.286. The van der Waals surface area contributed by atoms with Crippen LogP contribution in [0.2, 0.25) is 0 Å². The van der Waals surface area contributed by atoms with E-state index in [2.05, 4.69) is 24.8 Å². The zero-order valence-electron chi connectivity index (χ0n) is 11.9. The van der Waals surface area contributed by atoms with Gasteiger partial charge in [-0.05, 0) is 37.6 Å². The molecule has 114 valence electrons. The topological polar surface area (TPSA) is 76.7 Å². The molecule has 3 aromatic rings. The van der Waals surface area contributed by atoms with Gasteiger partial charge in [-0.15, -0.1) is 0 Å². The molecule has 8 heteroatoms. The maximum atomic E-state index is 12.9. The van der Waals surface area contributed by atoms with E-state index in [9.17, 15) is 4.39 Å². The van der Waals surface area contributed by atoms with Crippen LogP contribution in [0.1, 0.15) is 18.1 Å². The average Bonchev–Trinajstić information content (AvgIpc) is 3.14. The van der Waals surface area contributed by atoms with Crippen LogP contribution in [0.25, 0.3) is 11.4 Å². The van der Waals surface area contributed by atoms with E-state index in [1.165, 1.54) is 23.7 Å². The SMILES string of the molecule is Cc1nsc(NCCCc2nc(-c3ccc(F)cc3)no2)n1. The molecule has 0 saturated carbocycles. The Hall–Kier alpha value is -2.35. The Labute approximate surface area is 130 Å². The minimum atomic E-state index is -0.287. The van der Waals surface area contributed by atoms with Crippen molar-refractivity contribution in [2.75, 3.05) is 11.9 Å². The number of nitrogens with zero attached hydrogens (tertiary/aromatic N) is 4. The fourth-order valence-corrected chi connectivity index (χ4v) is 2.48. The third-order valence-corrected chi connectivity index (χ3v) is 3.71. The molecule has 0 spiro atoms. The number of benzene rings is 1. The van der Waals surface area contributed by atoms with Gasteiger partial charge >= 0.3 is 0 Å². The molecule has 2 aromatic heterocycles. The van der Waals surface area contributed by atoms with Gasteiger partial charge < -0.3 is 9.84 Å². The zero-order chi connectivity index (χ0) is 15.4. The van der Waals surface area contributed by atoms with Crippen molar-refractivity contribution in [1.82, 2.24) is 19.5 Å². The lowest BCUT2D eigenvalue weighted by atomic mass is 10.2. The Morgan fingerprint density at radius 1 is 1.23 bits per heavy atom. The maximum absolute atomic E-state index is 12.9. The molecule has 0 fully saturated rings. The number of rotatable bonds is 6. The van der Waals surface area contributed by atoms with Gasteiger partial charge in [0.1, 0.15) is 11.6 Å². The van der Waals surface area contributed by atoms with Crippen LogP contribution in [0.15, 0.2) is 28.8 Å². The first-order valence-electron chi connectivity index (χ1n) is 6.83. The lowest BCUT2D eigenvalue weighted by molar-refractivity contribution is 0.377. The molecule has 1 N–H and O–H groups in total. The summed E-state index contributed by atoms with van der Waals surface area (Å²) in [4.78, 5) is 8.53.